The Labute approximate surface area is 92.0 Å². The van der Waals surface area contributed by atoms with Gasteiger partial charge in [-0.2, -0.15) is 0 Å². The molecule has 1 aromatic rings. The molecule has 0 unspecified atom stereocenters. The molecule has 0 heterocycles. The van der Waals surface area contributed by atoms with E-state index in [0.29, 0.717) is 10.6 Å². The first kappa shape index (κ1) is 12.4. The second kappa shape index (κ2) is 4.90. The summed E-state index contributed by atoms with van der Waals surface area (Å²) >= 11 is 5.65. The van der Waals surface area contributed by atoms with Crippen LogP contribution in [-0.2, 0) is 15.8 Å². The van der Waals surface area contributed by atoms with Crippen molar-refractivity contribution in [1.29, 1.82) is 0 Å². The van der Waals surface area contributed by atoms with Crippen LogP contribution in [0.1, 0.15) is 5.56 Å². The van der Waals surface area contributed by atoms with Gasteiger partial charge in [0.05, 0.1) is 0 Å². The molecule has 0 aromatic heterocycles. The van der Waals surface area contributed by atoms with Crippen molar-refractivity contribution in [2.75, 3.05) is 6.16 Å². The maximum atomic E-state index is 11.2. The first-order chi connectivity index (χ1) is 6.87. The summed E-state index contributed by atoms with van der Waals surface area (Å²) in [6.45, 7) is 0. The van der Waals surface area contributed by atoms with E-state index in [4.69, 9.17) is 21.4 Å². The summed E-state index contributed by atoms with van der Waals surface area (Å²) in [6.07, 6.45) is -0.697. The second-order valence-corrected chi connectivity index (χ2v) is 5.25. The summed E-state index contributed by atoms with van der Waals surface area (Å²) in [5, 5.41) is 0.557. The Kier molecular flexibility index (Phi) is 4.05. The fraction of sp³-hybridized carbons (Fsp3) is 0.222. The van der Waals surface area contributed by atoms with Gasteiger partial charge in [-0.1, -0.05) is 23.7 Å². The fourth-order valence-electron chi connectivity index (χ4n) is 1.12. The lowest BCUT2D eigenvalue weighted by molar-refractivity contribution is -0.116. The Morgan fingerprint density at radius 1 is 1.27 bits per heavy atom. The Morgan fingerprint density at radius 2 is 1.80 bits per heavy atom. The summed E-state index contributed by atoms with van der Waals surface area (Å²) < 4.78 is 10.5. The van der Waals surface area contributed by atoms with Gasteiger partial charge in [-0.15, -0.1) is 0 Å². The van der Waals surface area contributed by atoms with Gasteiger partial charge in [0.15, 0.2) is 0 Å². The van der Waals surface area contributed by atoms with Gasteiger partial charge in [0.2, 0.25) is 0 Å². The number of Topliss-reactive ketones (excluding diaryl/α,β-unsaturated/α-hetero) is 1. The standard InChI is InChI=1S/C9H10ClO4P/c10-8-3-1-7(2-4-8)5-9(11)6-15(12,13)14/h1-4H,5-6H2,(H2,12,13,14). The van der Waals surface area contributed by atoms with Crippen LogP contribution in [-0.4, -0.2) is 21.7 Å². The Bertz CT molecular complexity index is 395. The van der Waals surface area contributed by atoms with Crippen LogP contribution in [0.15, 0.2) is 24.3 Å². The maximum Gasteiger partial charge on any atom is 0.332 e. The van der Waals surface area contributed by atoms with E-state index in [1.165, 1.54) is 0 Å². The van der Waals surface area contributed by atoms with Gasteiger partial charge in [-0.3, -0.25) is 9.36 Å². The van der Waals surface area contributed by atoms with Crippen molar-refractivity contribution in [1.82, 2.24) is 0 Å². The zero-order chi connectivity index (χ0) is 11.5. The molecule has 1 rings (SSSR count). The van der Waals surface area contributed by atoms with Crippen LogP contribution >= 0.6 is 19.2 Å². The van der Waals surface area contributed by atoms with Gasteiger partial charge in [-0.05, 0) is 17.7 Å². The summed E-state index contributed by atoms with van der Waals surface area (Å²) in [7, 11) is -4.24. The zero-order valence-electron chi connectivity index (χ0n) is 7.76. The first-order valence-corrected chi connectivity index (χ1v) is 6.35. The predicted molar refractivity (Wildman–Crippen MR) is 57.1 cm³/mol. The molecule has 0 saturated heterocycles. The van der Waals surface area contributed by atoms with E-state index >= 15 is 0 Å². The van der Waals surface area contributed by atoms with Crippen LogP contribution < -0.4 is 0 Å². The van der Waals surface area contributed by atoms with Crippen molar-refractivity contribution in [2.24, 2.45) is 0 Å². The molecule has 2 N–H and O–H groups in total. The van der Waals surface area contributed by atoms with Crippen molar-refractivity contribution in [3.8, 4) is 0 Å². The quantitative estimate of drug-likeness (QED) is 0.794. The van der Waals surface area contributed by atoms with E-state index in [1.54, 1.807) is 24.3 Å². The van der Waals surface area contributed by atoms with E-state index < -0.39 is 19.5 Å². The minimum Gasteiger partial charge on any atom is -0.324 e. The monoisotopic (exact) mass is 248 g/mol. The van der Waals surface area contributed by atoms with Gasteiger partial charge in [0, 0.05) is 11.4 Å². The van der Waals surface area contributed by atoms with Crippen LogP contribution in [0.2, 0.25) is 5.02 Å². The van der Waals surface area contributed by atoms with Gasteiger partial charge in [0.1, 0.15) is 11.9 Å². The Hall–Kier alpha value is -0.670. The fourth-order valence-corrected chi connectivity index (χ4v) is 1.81. The highest BCUT2D eigenvalue weighted by atomic mass is 35.5. The average molecular weight is 249 g/mol. The zero-order valence-corrected chi connectivity index (χ0v) is 9.41. The number of carbonyl (C=O) groups excluding carboxylic acids is 1. The number of hydrogen-bond donors (Lipinski definition) is 2. The van der Waals surface area contributed by atoms with Crippen LogP contribution in [0, 0.1) is 0 Å². The molecule has 4 nitrogen and oxygen atoms in total. The molecular formula is C9H10ClO4P. The summed E-state index contributed by atoms with van der Waals surface area (Å²) in [4.78, 5) is 28.3. The molecule has 0 spiro atoms. The molecule has 0 atom stereocenters. The largest absolute Gasteiger partial charge is 0.332 e. The van der Waals surface area contributed by atoms with Crippen LogP contribution in [0.4, 0.5) is 0 Å². The van der Waals surface area contributed by atoms with E-state index in [2.05, 4.69) is 0 Å². The number of halogens is 1. The molecule has 0 amide bonds. The van der Waals surface area contributed by atoms with E-state index in [9.17, 15) is 9.36 Å². The topological polar surface area (TPSA) is 74.6 Å². The predicted octanol–water partition coefficient (Wildman–Crippen LogP) is 1.63. The average Bonchev–Trinajstić information content (AvgIpc) is 2.05. The minimum absolute atomic E-state index is 0.0161. The minimum atomic E-state index is -4.24. The van der Waals surface area contributed by atoms with Crippen molar-refractivity contribution < 1.29 is 19.1 Å². The molecule has 6 heteroatoms. The number of carbonyl (C=O) groups is 1. The second-order valence-electron chi connectivity index (χ2n) is 3.16. The molecule has 0 aliphatic heterocycles. The SMILES string of the molecule is O=C(Cc1ccc(Cl)cc1)CP(=O)(O)O. The highest BCUT2D eigenvalue weighted by Crippen LogP contribution is 2.34. The number of rotatable bonds is 4. The van der Waals surface area contributed by atoms with Crippen molar-refractivity contribution >= 4 is 25.0 Å². The van der Waals surface area contributed by atoms with E-state index in [0.717, 1.165) is 0 Å². The van der Waals surface area contributed by atoms with Crippen LogP contribution in [0.3, 0.4) is 0 Å². The molecule has 1 aromatic carbocycles. The summed E-state index contributed by atoms with van der Waals surface area (Å²) in [5.41, 5.74) is 0.692. The molecule has 15 heavy (non-hydrogen) atoms. The van der Waals surface area contributed by atoms with E-state index in [1.807, 2.05) is 0 Å². The Balaban J connectivity index is 2.59. The smallest absolute Gasteiger partial charge is 0.324 e. The molecule has 0 radical (unpaired) electrons. The van der Waals surface area contributed by atoms with Gasteiger partial charge < -0.3 is 9.79 Å². The molecule has 0 aliphatic rings. The third-order valence-corrected chi connectivity index (χ3v) is 2.71. The lowest BCUT2D eigenvalue weighted by atomic mass is 10.1. The summed E-state index contributed by atoms with van der Waals surface area (Å²) in [6, 6.07) is 6.56. The van der Waals surface area contributed by atoms with E-state index in [-0.39, 0.29) is 6.42 Å². The number of benzene rings is 1. The van der Waals surface area contributed by atoms with Gasteiger partial charge >= 0.3 is 7.60 Å². The van der Waals surface area contributed by atoms with Crippen molar-refractivity contribution in [3.05, 3.63) is 34.9 Å². The summed E-state index contributed by atoms with van der Waals surface area (Å²) in [5.74, 6) is -0.481. The lowest BCUT2D eigenvalue weighted by Gasteiger charge is -2.03. The number of ketones is 1. The third kappa shape index (κ3) is 5.09. The highest BCUT2D eigenvalue weighted by molar-refractivity contribution is 7.52. The molecule has 82 valence electrons. The molecular weight excluding hydrogens is 239 g/mol. The van der Waals surface area contributed by atoms with Crippen LogP contribution in [0.25, 0.3) is 0 Å². The lowest BCUT2D eigenvalue weighted by Crippen LogP contribution is -2.08. The first-order valence-electron chi connectivity index (χ1n) is 4.17. The molecule has 0 saturated carbocycles. The van der Waals surface area contributed by atoms with Gasteiger partial charge in [-0.25, -0.2) is 0 Å². The van der Waals surface area contributed by atoms with Crippen molar-refractivity contribution in [2.45, 2.75) is 6.42 Å². The molecule has 0 fully saturated rings. The third-order valence-electron chi connectivity index (χ3n) is 1.70. The highest BCUT2D eigenvalue weighted by Gasteiger charge is 2.18. The van der Waals surface area contributed by atoms with Crippen molar-refractivity contribution in [3.63, 3.8) is 0 Å². The molecule has 0 aliphatic carbocycles. The Morgan fingerprint density at radius 3 is 2.27 bits per heavy atom. The maximum absolute atomic E-state index is 11.2. The molecule has 0 bridgehead atoms. The van der Waals surface area contributed by atoms with Crippen LogP contribution in [0.5, 0.6) is 0 Å². The normalized spacial score (nSPS) is 11.4. The number of hydrogen-bond acceptors (Lipinski definition) is 2. The van der Waals surface area contributed by atoms with Gasteiger partial charge in [0.25, 0.3) is 0 Å².